The topological polar surface area (TPSA) is 148 Å². The first-order valence-electron chi connectivity index (χ1n) is 15.2. The van der Waals surface area contributed by atoms with Gasteiger partial charge in [-0.05, 0) is 61.2 Å². The van der Waals surface area contributed by atoms with Crippen LogP contribution in [0.4, 0.5) is 4.79 Å². The average molecular weight is 561 g/mol. The van der Waals surface area contributed by atoms with Crippen LogP contribution in [0, 0.1) is 35.0 Å². The maximum Gasteiger partial charge on any atom is 0.408 e. The Morgan fingerprint density at radius 2 is 1.60 bits per heavy atom. The van der Waals surface area contributed by atoms with Gasteiger partial charge in [-0.3, -0.25) is 19.2 Å². The number of Topliss-reactive ketones (excluding diaryl/α,β-unsaturated/α-hetero) is 1. The summed E-state index contributed by atoms with van der Waals surface area (Å²) in [7, 11) is 0. The fraction of sp³-hybridized carbons (Fsp3) is 0.833. The lowest BCUT2D eigenvalue weighted by molar-refractivity contribution is -0.144. The molecule has 10 heteroatoms. The summed E-state index contributed by atoms with van der Waals surface area (Å²) in [6.07, 6.45) is 7.09. The molecule has 3 aliphatic carbocycles. The minimum Gasteiger partial charge on any atom is -0.446 e. The van der Waals surface area contributed by atoms with Gasteiger partial charge in [0.25, 0.3) is 5.91 Å². The van der Waals surface area contributed by atoms with Crippen LogP contribution in [-0.2, 0) is 23.9 Å². The van der Waals surface area contributed by atoms with E-state index in [9.17, 15) is 24.0 Å². The van der Waals surface area contributed by atoms with E-state index in [0.29, 0.717) is 13.0 Å². The fourth-order valence-corrected chi connectivity index (χ4v) is 7.03. The normalized spacial score (nSPS) is 28.1. The molecule has 4 rings (SSSR count). The molecule has 224 valence electrons. The molecular weight excluding hydrogens is 512 g/mol. The number of ether oxygens (including phenoxy) is 1. The van der Waals surface area contributed by atoms with Crippen molar-refractivity contribution in [1.29, 1.82) is 0 Å². The predicted molar refractivity (Wildman–Crippen MR) is 149 cm³/mol. The Hall–Kier alpha value is -2.65. The third-order valence-electron chi connectivity index (χ3n) is 10.3. The van der Waals surface area contributed by atoms with Gasteiger partial charge in [0.2, 0.25) is 17.6 Å². The van der Waals surface area contributed by atoms with E-state index in [1.54, 1.807) is 4.90 Å². The number of nitrogens with two attached hydrogens (primary N) is 1. The van der Waals surface area contributed by atoms with Crippen molar-refractivity contribution in [2.24, 2.45) is 40.7 Å². The van der Waals surface area contributed by atoms with Crippen molar-refractivity contribution < 1.29 is 28.7 Å². The molecule has 0 bridgehead atoms. The van der Waals surface area contributed by atoms with Gasteiger partial charge in [-0.15, -0.1) is 0 Å². The Bertz CT molecular complexity index is 1000. The molecule has 4 amide bonds. The number of ketones is 1. The third-order valence-corrected chi connectivity index (χ3v) is 10.3. The van der Waals surface area contributed by atoms with E-state index in [0.717, 1.165) is 51.4 Å². The maximum absolute atomic E-state index is 14.2. The number of primary amides is 1. The van der Waals surface area contributed by atoms with Gasteiger partial charge in [-0.25, -0.2) is 4.79 Å². The third kappa shape index (κ3) is 6.30. The molecule has 1 aliphatic heterocycles. The quantitative estimate of drug-likeness (QED) is 0.331. The number of alkyl carbamates (subject to hydrolysis) is 1. The Balaban J connectivity index is 1.54. The Kier molecular flexibility index (Phi) is 9.15. The van der Waals surface area contributed by atoms with Crippen LogP contribution in [-0.4, -0.2) is 65.3 Å². The van der Waals surface area contributed by atoms with E-state index in [1.165, 1.54) is 0 Å². The molecular formula is C30H48N4O6. The van der Waals surface area contributed by atoms with Crippen molar-refractivity contribution in [3.8, 4) is 0 Å². The number of fused-ring (bicyclic) bond motifs is 1. The summed E-state index contributed by atoms with van der Waals surface area (Å²) >= 11 is 0. The van der Waals surface area contributed by atoms with E-state index >= 15 is 0 Å². The Morgan fingerprint density at radius 1 is 0.950 bits per heavy atom. The molecule has 10 nitrogen and oxygen atoms in total. The van der Waals surface area contributed by atoms with E-state index in [1.807, 2.05) is 20.8 Å². The summed E-state index contributed by atoms with van der Waals surface area (Å²) in [5.74, 6) is -2.14. The van der Waals surface area contributed by atoms with Gasteiger partial charge < -0.3 is 26.0 Å². The van der Waals surface area contributed by atoms with Crippen molar-refractivity contribution in [1.82, 2.24) is 15.5 Å². The second-order valence-electron chi connectivity index (χ2n) is 13.6. The van der Waals surface area contributed by atoms with Crippen LogP contribution in [0.15, 0.2) is 0 Å². The summed E-state index contributed by atoms with van der Waals surface area (Å²) in [4.78, 5) is 66.9. The highest BCUT2D eigenvalue weighted by molar-refractivity contribution is 6.37. The number of likely N-dealkylation sites (tertiary alicyclic amines) is 1. The Labute approximate surface area is 237 Å². The maximum atomic E-state index is 14.2. The van der Waals surface area contributed by atoms with Crippen molar-refractivity contribution in [3.05, 3.63) is 0 Å². The number of nitrogens with zero attached hydrogens (tertiary/aromatic N) is 1. The number of rotatable bonds is 11. The van der Waals surface area contributed by atoms with Crippen molar-refractivity contribution in [2.75, 3.05) is 6.54 Å². The molecule has 4 fully saturated rings. The molecule has 1 saturated heterocycles. The van der Waals surface area contributed by atoms with Crippen LogP contribution in [0.5, 0.6) is 0 Å². The monoisotopic (exact) mass is 560 g/mol. The standard InChI is InChI=1S/C30H48N4O6/c1-16(2)17(3)40-29(39)33-23(19-12-7-6-8-13-19)28(38)34-15-20-22(30(20,4)5)24(34)27(37)32-21(25(35)26(31)36)14-18-10-9-11-18/h16-24H,6-15H2,1-5H3,(H2,31,36)(H,32,37)(H,33,39)/t17-,20+,21+,22+,23+,24+/m1/s1. The SMILES string of the molecule is CC(C)[C@@H](C)OC(=O)N[C@H](C(=O)N1C[C@H]2[C@@H]([C@H]1C(=O)N[C@@H](CC1CCC1)C(=O)C(N)=O)C2(C)C)C1CCCCC1. The van der Waals surface area contributed by atoms with Gasteiger partial charge in [0.05, 0.1) is 6.04 Å². The minimum atomic E-state index is -1.07. The van der Waals surface area contributed by atoms with E-state index in [-0.39, 0.29) is 47.0 Å². The molecule has 0 aromatic rings. The van der Waals surface area contributed by atoms with Gasteiger partial charge >= 0.3 is 6.09 Å². The number of amides is 4. The van der Waals surface area contributed by atoms with Crippen LogP contribution in [0.2, 0.25) is 0 Å². The van der Waals surface area contributed by atoms with Crippen LogP contribution < -0.4 is 16.4 Å². The van der Waals surface area contributed by atoms with Crippen LogP contribution in [0.3, 0.4) is 0 Å². The lowest BCUT2D eigenvalue weighted by Gasteiger charge is -2.37. The Morgan fingerprint density at radius 3 is 2.15 bits per heavy atom. The summed E-state index contributed by atoms with van der Waals surface area (Å²) in [5.41, 5.74) is 5.19. The zero-order valence-corrected chi connectivity index (χ0v) is 24.7. The fourth-order valence-electron chi connectivity index (χ4n) is 7.03. The number of carbonyl (C=O) groups is 5. The number of hydrogen-bond donors (Lipinski definition) is 3. The van der Waals surface area contributed by atoms with Crippen molar-refractivity contribution >= 4 is 29.6 Å². The first-order chi connectivity index (χ1) is 18.8. The highest BCUT2D eigenvalue weighted by Crippen LogP contribution is 2.65. The molecule has 0 radical (unpaired) electrons. The van der Waals surface area contributed by atoms with E-state index in [4.69, 9.17) is 10.5 Å². The largest absolute Gasteiger partial charge is 0.446 e. The van der Waals surface area contributed by atoms with Crippen LogP contribution in [0.25, 0.3) is 0 Å². The van der Waals surface area contributed by atoms with Gasteiger partial charge in [-0.2, -0.15) is 0 Å². The molecule has 3 saturated carbocycles. The van der Waals surface area contributed by atoms with E-state index < -0.39 is 41.8 Å². The molecule has 4 aliphatic rings. The molecule has 1 heterocycles. The molecule has 4 N–H and O–H groups in total. The average Bonchev–Trinajstić information content (AvgIpc) is 3.21. The highest BCUT2D eigenvalue weighted by atomic mass is 16.6. The molecule has 0 aromatic carbocycles. The second kappa shape index (κ2) is 12.1. The van der Waals surface area contributed by atoms with Crippen LogP contribution >= 0.6 is 0 Å². The summed E-state index contributed by atoms with van der Waals surface area (Å²) in [6, 6.07) is -2.57. The van der Waals surface area contributed by atoms with Crippen LogP contribution in [0.1, 0.15) is 92.4 Å². The lowest BCUT2D eigenvalue weighted by atomic mass is 9.80. The molecule has 0 spiro atoms. The van der Waals surface area contributed by atoms with E-state index in [2.05, 4.69) is 24.5 Å². The molecule has 6 atom stereocenters. The number of nitrogens with one attached hydrogen (secondary N) is 2. The summed E-state index contributed by atoms with van der Waals surface area (Å²) < 4.78 is 5.56. The van der Waals surface area contributed by atoms with Gasteiger partial charge in [0.15, 0.2) is 0 Å². The number of hydrogen-bond acceptors (Lipinski definition) is 6. The zero-order valence-electron chi connectivity index (χ0n) is 24.7. The summed E-state index contributed by atoms with van der Waals surface area (Å²) in [5, 5.41) is 5.70. The van der Waals surface area contributed by atoms with Gasteiger partial charge in [0.1, 0.15) is 18.2 Å². The first-order valence-corrected chi connectivity index (χ1v) is 15.2. The zero-order chi connectivity index (χ0) is 29.4. The minimum absolute atomic E-state index is 0.0420. The molecule has 40 heavy (non-hydrogen) atoms. The number of carbonyl (C=O) groups excluding carboxylic acids is 5. The smallest absolute Gasteiger partial charge is 0.408 e. The van der Waals surface area contributed by atoms with Crippen molar-refractivity contribution in [2.45, 2.75) is 117 Å². The molecule has 0 aromatic heterocycles. The first kappa shape index (κ1) is 30.3. The predicted octanol–water partition coefficient (Wildman–Crippen LogP) is 2.92. The van der Waals surface area contributed by atoms with Crippen molar-refractivity contribution in [3.63, 3.8) is 0 Å². The molecule has 0 unspecified atom stereocenters. The highest BCUT2D eigenvalue weighted by Gasteiger charge is 2.69. The van der Waals surface area contributed by atoms with Gasteiger partial charge in [0, 0.05) is 6.54 Å². The number of piperidine rings is 1. The second-order valence-corrected chi connectivity index (χ2v) is 13.6. The summed E-state index contributed by atoms with van der Waals surface area (Å²) in [6.45, 7) is 10.3. The lowest BCUT2D eigenvalue weighted by Crippen LogP contribution is -2.59. The van der Waals surface area contributed by atoms with Gasteiger partial charge in [-0.1, -0.05) is 66.2 Å².